The second-order valence-electron chi connectivity index (χ2n) is 7.64. The number of aromatic nitrogens is 4. The highest BCUT2D eigenvalue weighted by Gasteiger charge is 2.18. The van der Waals surface area contributed by atoms with Crippen LogP contribution in [0.5, 0.6) is 0 Å². The first-order valence-electron chi connectivity index (χ1n) is 9.55. The van der Waals surface area contributed by atoms with Crippen molar-refractivity contribution in [2.45, 2.75) is 26.2 Å². The van der Waals surface area contributed by atoms with Crippen molar-refractivity contribution in [2.24, 2.45) is 13.0 Å². The third kappa shape index (κ3) is 4.22. The summed E-state index contributed by atoms with van der Waals surface area (Å²) in [6.07, 6.45) is 8.27. The van der Waals surface area contributed by atoms with Gasteiger partial charge in [0.25, 0.3) is 0 Å². The molecule has 0 atom stereocenters. The van der Waals surface area contributed by atoms with Crippen molar-refractivity contribution >= 4 is 16.7 Å². The van der Waals surface area contributed by atoms with Gasteiger partial charge in [-0.1, -0.05) is 19.1 Å². The van der Waals surface area contributed by atoms with E-state index < -0.39 is 0 Å². The molecule has 1 aliphatic rings. The molecule has 0 radical (unpaired) electrons. The van der Waals surface area contributed by atoms with E-state index in [1.165, 1.54) is 12.8 Å². The number of nitrogens with zero attached hydrogens (tertiary/aromatic N) is 5. The number of piperidine rings is 1. The smallest absolute Gasteiger partial charge is 0.154 e. The van der Waals surface area contributed by atoms with E-state index in [2.05, 4.69) is 26.9 Å². The van der Waals surface area contributed by atoms with Gasteiger partial charge in [0.2, 0.25) is 0 Å². The Kier molecular flexibility index (Phi) is 4.99. The largest absolute Gasteiger partial charge is 0.298 e. The molecule has 6 heteroatoms. The quantitative estimate of drug-likeness (QED) is 0.697. The second-order valence-corrected chi connectivity index (χ2v) is 7.64. The lowest BCUT2D eigenvalue weighted by Gasteiger charge is -2.29. The SMILES string of the molecule is CC1CCN(CC(=O)Cc2ncc3ccc(-c4cnn(C)c4)cc3n2)CC1. The minimum atomic E-state index is 0.187. The molecule has 0 bridgehead atoms. The van der Waals surface area contributed by atoms with Gasteiger partial charge >= 0.3 is 0 Å². The molecule has 4 rings (SSSR count). The molecule has 1 fully saturated rings. The third-order valence-corrected chi connectivity index (χ3v) is 5.30. The van der Waals surface area contributed by atoms with Crippen LogP contribution >= 0.6 is 0 Å². The zero-order valence-electron chi connectivity index (χ0n) is 15.9. The average molecular weight is 363 g/mol. The van der Waals surface area contributed by atoms with E-state index in [9.17, 15) is 4.79 Å². The molecule has 0 unspecified atom stereocenters. The van der Waals surface area contributed by atoms with Crippen molar-refractivity contribution in [1.82, 2.24) is 24.6 Å². The molecule has 0 aliphatic carbocycles. The predicted molar refractivity (Wildman–Crippen MR) is 105 cm³/mol. The predicted octanol–water partition coefficient (Wildman–Crippen LogP) is 2.87. The van der Waals surface area contributed by atoms with Crippen LogP contribution in [0.25, 0.3) is 22.0 Å². The Morgan fingerprint density at radius 1 is 1.19 bits per heavy atom. The molecular weight excluding hydrogens is 338 g/mol. The Morgan fingerprint density at radius 3 is 2.74 bits per heavy atom. The summed E-state index contributed by atoms with van der Waals surface area (Å²) in [5.74, 6) is 1.56. The van der Waals surface area contributed by atoms with Crippen LogP contribution in [-0.4, -0.2) is 50.1 Å². The van der Waals surface area contributed by atoms with Crippen LogP contribution in [0.2, 0.25) is 0 Å². The van der Waals surface area contributed by atoms with E-state index in [4.69, 9.17) is 0 Å². The number of likely N-dealkylation sites (tertiary alicyclic amines) is 1. The van der Waals surface area contributed by atoms with E-state index in [0.29, 0.717) is 18.8 Å². The number of carbonyl (C=O) groups is 1. The number of Topliss-reactive ketones (excluding diaryl/α,β-unsaturated/α-hetero) is 1. The summed E-state index contributed by atoms with van der Waals surface area (Å²) in [5.41, 5.74) is 2.98. The van der Waals surface area contributed by atoms with Crippen molar-refractivity contribution < 1.29 is 4.79 Å². The Labute approximate surface area is 159 Å². The number of aryl methyl sites for hydroxylation is 1. The molecule has 140 valence electrons. The molecule has 0 N–H and O–H groups in total. The highest BCUT2D eigenvalue weighted by atomic mass is 16.1. The molecular formula is C21H25N5O. The summed E-state index contributed by atoms with van der Waals surface area (Å²) in [6, 6.07) is 6.09. The van der Waals surface area contributed by atoms with Gasteiger partial charge < -0.3 is 0 Å². The Balaban J connectivity index is 1.48. The van der Waals surface area contributed by atoms with Crippen LogP contribution in [-0.2, 0) is 18.3 Å². The third-order valence-electron chi connectivity index (χ3n) is 5.30. The first kappa shape index (κ1) is 17.8. The van der Waals surface area contributed by atoms with Crippen molar-refractivity contribution in [2.75, 3.05) is 19.6 Å². The van der Waals surface area contributed by atoms with Gasteiger partial charge in [0.15, 0.2) is 5.78 Å². The molecule has 6 nitrogen and oxygen atoms in total. The van der Waals surface area contributed by atoms with Gasteiger partial charge in [0.05, 0.1) is 24.7 Å². The zero-order chi connectivity index (χ0) is 18.8. The standard InChI is InChI=1S/C21H25N5O/c1-15-5-7-26(8-6-15)14-19(27)10-21-22-11-17-4-3-16(9-20(17)24-21)18-12-23-25(2)13-18/h3-4,9,11-13,15H,5-8,10,14H2,1-2H3. The highest BCUT2D eigenvalue weighted by molar-refractivity contribution is 5.85. The molecule has 3 aromatic rings. The average Bonchev–Trinajstić information content (AvgIpc) is 3.09. The molecule has 0 saturated carbocycles. The number of hydrogen-bond donors (Lipinski definition) is 0. The monoisotopic (exact) mass is 363 g/mol. The van der Waals surface area contributed by atoms with Crippen LogP contribution < -0.4 is 0 Å². The summed E-state index contributed by atoms with van der Waals surface area (Å²) >= 11 is 0. The van der Waals surface area contributed by atoms with Gasteiger partial charge in [-0.05, 0) is 43.5 Å². The molecule has 0 spiro atoms. The zero-order valence-corrected chi connectivity index (χ0v) is 15.9. The van der Waals surface area contributed by atoms with E-state index >= 15 is 0 Å². The van der Waals surface area contributed by atoms with Crippen LogP contribution in [0.4, 0.5) is 0 Å². The Hall–Kier alpha value is -2.60. The molecule has 27 heavy (non-hydrogen) atoms. The number of fused-ring (bicyclic) bond motifs is 1. The number of rotatable bonds is 5. The fraction of sp³-hybridized carbons (Fsp3) is 0.429. The molecule has 1 saturated heterocycles. The Morgan fingerprint density at radius 2 is 2.00 bits per heavy atom. The maximum atomic E-state index is 12.5. The van der Waals surface area contributed by atoms with Crippen molar-refractivity contribution in [3.63, 3.8) is 0 Å². The summed E-state index contributed by atoms with van der Waals surface area (Å²) < 4.78 is 1.78. The first-order chi connectivity index (χ1) is 13.1. The summed E-state index contributed by atoms with van der Waals surface area (Å²) in [6.45, 7) is 4.81. The lowest BCUT2D eigenvalue weighted by molar-refractivity contribution is -0.120. The molecule has 1 aromatic carbocycles. The van der Waals surface area contributed by atoms with E-state index in [1.807, 2.05) is 37.6 Å². The van der Waals surface area contributed by atoms with Gasteiger partial charge in [-0.25, -0.2) is 9.97 Å². The minimum Gasteiger partial charge on any atom is -0.298 e. The van der Waals surface area contributed by atoms with Crippen molar-refractivity contribution in [3.05, 3.63) is 42.6 Å². The number of hydrogen-bond acceptors (Lipinski definition) is 5. The fourth-order valence-electron chi connectivity index (χ4n) is 3.60. The van der Waals surface area contributed by atoms with Crippen LogP contribution in [0.3, 0.4) is 0 Å². The van der Waals surface area contributed by atoms with E-state index in [1.54, 1.807) is 10.9 Å². The number of ketones is 1. The minimum absolute atomic E-state index is 0.187. The second kappa shape index (κ2) is 7.56. The fourth-order valence-corrected chi connectivity index (χ4v) is 3.60. The summed E-state index contributed by atoms with van der Waals surface area (Å²) in [5, 5.41) is 5.20. The lowest BCUT2D eigenvalue weighted by Crippen LogP contribution is -2.37. The molecule has 0 amide bonds. The molecule has 1 aliphatic heterocycles. The van der Waals surface area contributed by atoms with Crippen molar-refractivity contribution in [1.29, 1.82) is 0 Å². The number of benzene rings is 1. The van der Waals surface area contributed by atoms with E-state index in [-0.39, 0.29) is 5.78 Å². The molecule has 3 heterocycles. The topological polar surface area (TPSA) is 63.9 Å². The van der Waals surface area contributed by atoms with Gasteiger partial charge in [-0.2, -0.15) is 5.10 Å². The van der Waals surface area contributed by atoms with Crippen LogP contribution in [0.15, 0.2) is 36.8 Å². The van der Waals surface area contributed by atoms with Crippen LogP contribution in [0, 0.1) is 5.92 Å². The van der Waals surface area contributed by atoms with E-state index in [0.717, 1.165) is 41.0 Å². The normalized spacial score (nSPS) is 16.1. The Bertz CT molecular complexity index is 956. The summed E-state index contributed by atoms with van der Waals surface area (Å²) in [4.78, 5) is 23.7. The lowest BCUT2D eigenvalue weighted by atomic mass is 9.99. The number of carbonyl (C=O) groups excluding carboxylic acids is 1. The maximum Gasteiger partial charge on any atom is 0.154 e. The van der Waals surface area contributed by atoms with Crippen molar-refractivity contribution in [3.8, 4) is 11.1 Å². The highest BCUT2D eigenvalue weighted by Crippen LogP contribution is 2.23. The van der Waals surface area contributed by atoms with Gasteiger partial charge in [0.1, 0.15) is 5.82 Å². The van der Waals surface area contributed by atoms with Crippen LogP contribution in [0.1, 0.15) is 25.6 Å². The first-order valence-corrected chi connectivity index (χ1v) is 9.55. The van der Waals surface area contributed by atoms with Gasteiger partial charge in [0, 0.05) is 30.4 Å². The molecule has 2 aromatic heterocycles. The summed E-state index contributed by atoms with van der Waals surface area (Å²) in [7, 11) is 1.90. The van der Waals surface area contributed by atoms with Gasteiger partial charge in [-0.3, -0.25) is 14.4 Å². The van der Waals surface area contributed by atoms with Gasteiger partial charge in [-0.15, -0.1) is 0 Å². The maximum absolute atomic E-state index is 12.5.